The van der Waals surface area contributed by atoms with E-state index < -0.39 is 0 Å². The van der Waals surface area contributed by atoms with E-state index in [4.69, 9.17) is 18.9 Å². The lowest BCUT2D eigenvalue weighted by atomic mass is 10.1. The van der Waals surface area contributed by atoms with Crippen molar-refractivity contribution in [1.29, 1.82) is 0 Å². The molecule has 26 heavy (non-hydrogen) atoms. The zero-order chi connectivity index (χ0) is 17.9. The summed E-state index contributed by atoms with van der Waals surface area (Å²) in [5.41, 5.74) is 3.01. The Balaban J connectivity index is 1.78. The number of furan rings is 1. The first kappa shape index (κ1) is 16.3. The summed E-state index contributed by atoms with van der Waals surface area (Å²) in [5, 5.41) is 0. The number of ether oxygens (including phenoxy) is 2. The molecule has 4 aromatic rings. The van der Waals surface area contributed by atoms with E-state index in [1.807, 2.05) is 43.3 Å². The smallest absolute Gasteiger partial charge is 0.198 e. The molecule has 0 aliphatic carbocycles. The number of benzene rings is 1. The quantitative estimate of drug-likeness (QED) is 0.535. The molecule has 3 aromatic heterocycles. The van der Waals surface area contributed by atoms with Gasteiger partial charge in [0.1, 0.15) is 29.3 Å². The summed E-state index contributed by atoms with van der Waals surface area (Å²) in [5.74, 6) is 2.67. The molecule has 7 heteroatoms. The number of methoxy groups -OCH3 is 1. The molecule has 132 valence electrons. The number of H-pyrrole nitrogens is 1. The Labute approximate surface area is 150 Å². The van der Waals surface area contributed by atoms with Crippen molar-refractivity contribution in [2.75, 3.05) is 20.3 Å². The van der Waals surface area contributed by atoms with Crippen LogP contribution in [-0.2, 0) is 4.74 Å². The van der Waals surface area contributed by atoms with E-state index in [0.29, 0.717) is 30.4 Å². The van der Waals surface area contributed by atoms with Crippen LogP contribution in [0.15, 0.2) is 47.1 Å². The second kappa shape index (κ2) is 6.97. The van der Waals surface area contributed by atoms with Gasteiger partial charge in [-0.3, -0.25) is 0 Å². The zero-order valence-corrected chi connectivity index (χ0v) is 14.5. The predicted molar refractivity (Wildman–Crippen MR) is 96.9 cm³/mol. The highest BCUT2D eigenvalue weighted by Crippen LogP contribution is 2.29. The molecule has 0 aliphatic heterocycles. The van der Waals surface area contributed by atoms with Crippen molar-refractivity contribution in [3.05, 3.63) is 48.5 Å². The van der Waals surface area contributed by atoms with Gasteiger partial charge in [0.2, 0.25) is 0 Å². The summed E-state index contributed by atoms with van der Waals surface area (Å²) in [4.78, 5) is 16.6. The fourth-order valence-corrected chi connectivity index (χ4v) is 2.68. The average Bonchev–Trinajstić information content (AvgIpc) is 3.30. The Morgan fingerprint density at radius 1 is 1.12 bits per heavy atom. The van der Waals surface area contributed by atoms with Crippen molar-refractivity contribution >= 4 is 11.2 Å². The van der Waals surface area contributed by atoms with E-state index in [1.54, 1.807) is 13.4 Å². The molecule has 0 saturated heterocycles. The van der Waals surface area contributed by atoms with Crippen molar-refractivity contribution in [2.45, 2.75) is 6.92 Å². The van der Waals surface area contributed by atoms with Crippen LogP contribution in [0.4, 0.5) is 0 Å². The molecular formula is C19H18N4O3. The SMILES string of the molecule is COCCOc1cccc(-c2nc(-c3ccc(C)o3)nc3nc[nH]c23)c1. The van der Waals surface area contributed by atoms with E-state index in [-0.39, 0.29) is 0 Å². The van der Waals surface area contributed by atoms with Gasteiger partial charge in [-0.2, -0.15) is 0 Å². The molecule has 0 unspecified atom stereocenters. The number of hydrogen-bond donors (Lipinski definition) is 1. The maximum atomic E-state index is 5.71. The molecule has 7 nitrogen and oxygen atoms in total. The van der Waals surface area contributed by atoms with Gasteiger partial charge in [-0.1, -0.05) is 12.1 Å². The van der Waals surface area contributed by atoms with Crippen LogP contribution in [0.1, 0.15) is 5.76 Å². The Kier molecular flexibility index (Phi) is 4.37. The highest BCUT2D eigenvalue weighted by molar-refractivity contribution is 5.88. The molecule has 0 fully saturated rings. The number of nitrogens with one attached hydrogen (secondary N) is 1. The van der Waals surface area contributed by atoms with Crippen LogP contribution < -0.4 is 4.74 Å². The van der Waals surface area contributed by atoms with Crippen LogP contribution in [0.2, 0.25) is 0 Å². The first-order chi connectivity index (χ1) is 12.7. The Morgan fingerprint density at radius 2 is 2.04 bits per heavy atom. The number of nitrogens with zero attached hydrogens (tertiary/aromatic N) is 3. The van der Waals surface area contributed by atoms with Crippen LogP contribution >= 0.6 is 0 Å². The molecule has 3 heterocycles. The fraction of sp³-hybridized carbons (Fsp3) is 0.211. The van der Waals surface area contributed by atoms with Crippen LogP contribution in [0.25, 0.3) is 34.0 Å². The largest absolute Gasteiger partial charge is 0.491 e. The van der Waals surface area contributed by atoms with E-state index in [1.165, 1.54) is 0 Å². The molecule has 1 N–H and O–H groups in total. The number of aromatic nitrogens is 4. The minimum absolute atomic E-state index is 0.486. The third-order valence-electron chi connectivity index (χ3n) is 3.91. The van der Waals surface area contributed by atoms with Gasteiger partial charge in [-0.15, -0.1) is 0 Å². The molecular weight excluding hydrogens is 332 g/mol. The van der Waals surface area contributed by atoms with Crippen molar-refractivity contribution in [3.63, 3.8) is 0 Å². The molecule has 0 amide bonds. The Bertz CT molecular complexity index is 1040. The second-order valence-electron chi connectivity index (χ2n) is 5.78. The van der Waals surface area contributed by atoms with Gasteiger partial charge in [0.05, 0.1) is 12.9 Å². The zero-order valence-electron chi connectivity index (χ0n) is 14.5. The maximum Gasteiger partial charge on any atom is 0.198 e. The molecule has 0 spiro atoms. The van der Waals surface area contributed by atoms with Gasteiger partial charge in [0.25, 0.3) is 0 Å². The molecule has 1 aromatic carbocycles. The first-order valence-electron chi connectivity index (χ1n) is 8.24. The summed E-state index contributed by atoms with van der Waals surface area (Å²) < 4.78 is 16.4. The van der Waals surface area contributed by atoms with Gasteiger partial charge in [0, 0.05) is 12.7 Å². The first-order valence-corrected chi connectivity index (χ1v) is 8.24. The fourth-order valence-electron chi connectivity index (χ4n) is 2.68. The molecule has 0 aliphatic rings. The third-order valence-corrected chi connectivity index (χ3v) is 3.91. The van der Waals surface area contributed by atoms with Gasteiger partial charge in [0.15, 0.2) is 17.2 Å². The Morgan fingerprint density at radius 3 is 2.85 bits per heavy atom. The van der Waals surface area contributed by atoms with Crippen LogP contribution in [0.5, 0.6) is 5.75 Å². The standard InChI is InChI=1S/C19H18N4O3/c1-12-6-7-15(26-12)18-22-16(17-19(23-18)21-11-20-17)13-4-3-5-14(10-13)25-9-8-24-2/h3-7,10-11H,8-9H2,1-2H3,(H,20,21,22,23). The van der Waals surface area contributed by atoms with Crippen molar-refractivity contribution < 1.29 is 13.9 Å². The van der Waals surface area contributed by atoms with Gasteiger partial charge in [-0.25, -0.2) is 15.0 Å². The molecule has 4 rings (SSSR count). The topological polar surface area (TPSA) is 86.1 Å². The number of rotatable bonds is 6. The summed E-state index contributed by atoms with van der Waals surface area (Å²) in [6.45, 7) is 2.91. The lowest BCUT2D eigenvalue weighted by Crippen LogP contribution is -2.04. The normalized spacial score (nSPS) is 11.2. The number of imidazole rings is 1. The number of hydrogen-bond acceptors (Lipinski definition) is 6. The van der Waals surface area contributed by atoms with E-state index in [9.17, 15) is 0 Å². The lowest BCUT2D eigenvalue weighted by molar-refractivity contribution is 0.146. The molecule has 0 atom stereocenters. The van der Waals surface area contributed by atoms with E-state index in [2.05, 4.69) is 15.0 Å². The Hall–Kier alpha value is -3.19. The number of aromatic amines is 1. The van der Waals surface area contributed by atoms with Gasteiger partial charge < -0.3 is 18.9 Å². The monoisotopic (exact) mass is 350 g/mol. The number of aryl methyl sites for hydroxylation is 1. The summed E-state index contributed by atoms with van der Waals surface area (Å²) >= 11 is 0. The summed E-state index contributed by atoms with van der Waals surface area (Å²) in [7, 11) is 1.65. The molecule has 0 bridgehead atoms. The van der Waals surface area contributed by atoms with Crippen LogP contribution in [0.3, 0.4) is 0 Å². The van der Waals surface area contributed by atoms with E-state index in [0.717, 1.165) is 28.3 Å². The molecule has 0 saturated carbocycles. The van der Waals surface area contributed by atoms with Crippen molar-refractivity contribution in [2.24, 2.45) is 0 Å². The van der Waals surface area contributed by atoms with Crippen molar-refractivity contribution in [3.8, 4) is 28.6 Å². The van der Waals surface area contributed by atoms with Gasteiger partial charge in [-0.05, 0) is 31.2 Å². The minimum Gasteiger partial charge on any atom is -0.491 e. The highest BCUT2D eigenvalue weighted by Gasteiger charge is 2.15. The third kappa shape index (κ3) is 3.16. The lowest BCUT2D eigenvalue weighted by Gasteiger charge is -2.08. The van der Waals surface area contributed by atoms with Crippen LogP contribution in [-0.4, -0.2) is 40.3 Å². The maximum absolute atomic E-state index is 5.71. The minimum atomic E-state index is 0.486. The molecule has 0 radical (unpaired) electrons. The highest BCUT2D eigenvalue weighted by atomic mass is 16.5. The van der Waals surface area contributed by atoms with Crippen molar-refractivity contribution in [1.82, 2.24) is 19.9 Å². The second-order valence-corrected chi connectivity index (χ2v) is 5.78. The average molecular weight is 350 g/mol. The van der Waals surface area contributed by atoms with E-state index >= 15 is 0 Å². The summed E-state index contributed by atoms with van der Waals surface area (Å²) in [6.07, 6.45) is 1.61. The number of fused-ring (bicyclic) bond motifs is 1. The van der Waals surface area contributed by atoms with Gasteiger partial charge >= 0.3 is 0 Å². The predicted octanol–water partition coefficient (Wildman–Crippen LogP) is 3.61. The summed E-state index contributed by atoms with van der Waals surface area (Å²) in [6, 6.07) is 11.5. The van der Waals surface area contributed by atoms with Crippen LogP contribution in [0, 0.1) is 6.92 Å².